The van der Waals surface area contributed by atoms with Crippen molar-refractivity contribution in [3.8, 4) is 0 Å². The number of ether oxygens (including phenoxy) is 3. The minimum absolute atomic E-state index is 0.256. The third-order valence-electron chi connectivity index (χ3n) is 2.07. The molecule has 0 radical (unpaired) electrons. The lowest BCUT2D eigenvalue weighted by Gasteiger charge is -2.34. The van der Waals surface area contributed by atoms with Gasteiger partial charge in [-0.3, -0.25) is 0 Å². The maximum atomic E-state index is 10.8. The fourth-order valence-corrected chi connectivity index (χ4v) is 1.38. The average molecular weight is 219 g/mol. The van der Waals surface area contributed by atoms with Crippen molar-refractivity contribution in [3.05, 3.63) is 0 Å². The van der Waals surface area contributed by atoms with Gasteiger partial charge < -0.3 is 19.9 Å². The Morgan fingerprint density at radius 1 is 1.33 bits per heavy atom. The fourth-order valence-electron chi connectivity index (χ4n) is 1.38. The van der Waals surface area contributed by atoms with Gasteiger partial charge in [0.15, 0.2) is 0 Å². The highest BCUT2D eigenvalue weighted by Gasteiger charge is 2.35. The van der Waals surface area contributed by atoms with E-state index in [1.807, 2.05) is 20.8 Å². The summed E-state index contributed by atoms with van der Waals surface area (Å²) < 4.78 is 15.3. The highest BCUT2D eigenvalue weighted by Crippen LogP contribution is 2.26. The van der Waals surface area contributed by atoms with Gasteiger partial charge in [-0.25, -0.2) is 4.79 Å². The summed E-state index contributed by atoms with van der Waals surface area (Å²) in [6.45, 7) is 6.19. The Morgan fingerprint density at radius 2 is 1.87 bits per heavy atom. The first-order chi connectivity index (χ1) is 6.82. The van der Waals surface area contributed by atoms with Gasteiger partial charge in [0, 0.05) is 19.6 Å². The molecule has 5 heteroatoms. The van der Waals surface area contributed by atoms with Gasteiger partial charge in [0.05, 0.1) is 6.61 Å². The van der Waals surface area contributed by atoms with Crippen molar-refractivity contribution in [2.24, 2.45) is 11.1 Å². The number of amides is 1. The Kier molecular flexibility index (Phi) is 5.60. The summed E-state index contributed by atoms with van der Waals surface area (Å²) in [5.74, 6) is 0. The van der Waals surface area contributed by atoms with Crippen LogP contribution in [-0.2, 0) is 14.2 Å². The molecule has 5 nitrogen and oxygen atoms in total. The summed E-state index contributed by atoms with van der Waals surface area (Å²) in [5.41, 5.74) is 4.77. The van der Waals surface area contributed by atoms with E-state index < -0.39 is 12.2 Å². The molecule has 0 aromatic carbocycles. The number of methoxy groups -OCH3 is 2. The fraction of sp³-hybridized carbons (Fsp3) is 0.900. The normalized spacial score (nSPS) is 15.8. The van der Waals surface area contributed by atoms with E-state index in [2.05, 4.69) is 0 Å². The van der Waals surface area contributed by atoms with E-state index in [0.29, 0.717) is 6.61 Å². The molecular weight excluding hydrogens is 198 g/mol. The Bertz CT molecular complexity index is 200. The number of hydrogen-bond donors (Lipinski definition) is 1. The van der Waals surface area contributed by atoms with Crippen LogP contribution in [0.2, 0.25) is 0 Å². The molecule has 2 atom stereocenters. The van der Waals surface area contributed by atoms with Crippen LogP contribution in [0.1, 0.15) is 20.8 Å². The van der Waals surface area contributed by atoms with Crippen LogP contribution in [0.5, 0.6) is 0 Å². The molecule has 0 bridgehead atoms. The molecule has 0 heterocycles. The maximum absolute atomic E-state index is 10.8. The zero-order chi connectivity index (χ0) is 12.1. The van der Waals surface area contributed by atoms with Gasteiger partial charge >= 0.3 is 6.09 Å². The first-order valence-electron chi connectivity index (χ1n) is 4.80. The van der Waals surface area contributed by atoms with Crippen LogP contribution in [-0.4, -0.2) is 39.1 Å². The molecule has 90 valence electrons. The molecule has 0 aromatic rings. The van der Waals surface area contributed by atoms with Crippen molar-refractivity contribution in [3.63, 3.8) is 0 Å². The monoisotopic (exact) mass is 219 g/mol. The minimum atomic E-state index is -0.798. The van der Waals surface area contributed by atoms with Crippen molar-refractivity contribution in [1.29, 1.82) is 0 Å². The summed E-state index contributed by atoms with van der Waals surface area (Å²) in [4.78, 5) is 10.8. The van der Waals surface area contributed by atoms with E-state index in [-0.39, 0.29) is 11.5 Å². The van der Waals surface area contributed by atoms with Gasteiger partial charge in [0.1, 0.15) is 12.2 Å². The minimum Gasteiger partial charge on any atom is -0.443 e. The van der Waals surface area contributed by atoms with Crippen molar-refractivity contribution in [2.75, 3.05) is 20.8 Å². The topological polar surface area (TPSA) is 70.8 Å². The molecule has 2 N–H and O–H groups in total. The molecule has 0 aliphatic carbocycles. The zero-order valence-electron chi connectivity index (χ0n) is 10.1. The summed E-state index contributed by atoms with van der Waals surface area (Å²) in [6, 6.07) is 0. The highest BCUT2D eigenvalue weighted by atomic mass is 16.6. The van der Waals surface area contributed by atoms with Gasteiger partial charge in [-0.2, -0.15) is 0 Å². The standard InChI is InChI=1S/C10H21NO4/c1-10(2,3)8(15-9(11)12)7(14-5)6-13-4/h7-8H,6H2,1-5H3,(H2,11,12)/t7-,8?/m0/s1. The second kappa shape index (κ2) is 5.92. The van der Waals surface area contributed by atoms with E-state index in [1.165, 1.54) is 0 Å². The predicted octanol–water partition coefficient (Wildman–Crippen LogP) is 1.16. The van der Waals surface area contributed by atoms with Crippen molar-refractivity contribution in [2.45, 2.75) is 33.0 Å². The molecular formula is C10H21NO4. The summed E-state index contributed by atoms with van der Waals surface area (Å²) in [7, 11) is 3.11. The highest BCUT2D eigenvalue weighted by molar-refractivity contribution is 5.64. The van der Waals surface area contributed by atoms with Crippen molar-refractivity contribution >= 4 is 6.09 Å². The predicted molar refractivity (Wildman–Crippen MR) is 56.6 cm³/mol. The molecule has 0 spiro atoms. The SMILES string of the molecule is COC[C@H](OC)C(OC(N)=O)C(C)(C)C. The van der Waals surface area contributed by atoms with Gasteiger partial charge in [-0.1, -0.05) is 20.8 Å². The van der Waals surface area contributed by atoms with E-state index in [4.69, 9.17) is 19.9 Å². The Labute approximate surface area is 90.9 Å². The molecule has 0 saturated carbocycles. The van der Waals surface area contributed by atoms with Crippen LogP contribution in [0.4, 0.5) is 4.79 Å². The van der Waals surface area contributed by atoms with Crippen LogP contribution >= 0.6 is 0 Å². The molecule has 0 fully saturated rings. The molecule has 1 unspecified atom stereocenters. The lowest BCUT2D eigenvalue weighted by Crippen LogP contribution is -2.45. The second-order valence-electron chi connectivity index (χ2n) is 4.45. The summed E-state index contributed by atoms with van der Waals surface area (Å²) in [6.07, 6.45) is -1.55. The first kappa shape index (κ1) is 14.2. The Balaban J connectivity index is 4.65. The van der Waals surface area contributed by atoms with E-state index in [1.54, 1.807) is 14.2 Å². The van der Waals surface area contributed by atoms with Crippen LogP contribution in [0.25, 0.3) is 0 Å². The van der Waals surface area contributed by atoms with E-state index in [0.717, 1.165) is 0 Å². The zero-order valence-corrected chi connectivity index (χ0v) is 10.1. The number of hydrogen-bond acceptors (Lipinski definition) is 4. The summed E-state index contributed by atoms with van der Waals surface area (Å²) >= 11 is 0. The van der Waals surface area contributed by atoms with Crippen molar-refractivity contribution < 1.29 is 19.0 Å². The Morgan fingerprint density at radius 3 is 2.13 bits per heavy atom. The molecule has 15 heavy (non-hydrogen) atoms. The van der Waals surface area contributed by atoms with Gasteiger partial charge in [0.25, 0.3) is 0 Å². The lowest BCUT2D eigenvalue weighted by atomic mass is 9.85. The third kappa shape index (κ3) is 4.99. The third-order valence-corrected chi connectivity index (χ3v) is 2.07. The molecule has 0 rings (SSSR count). The molecule has 0 aliphatic heterocycles. The number of carbonyl (C=O) groups excluding carboxylic acids is 1. The number of primary amides is 1. The molecule has 0 aliphatic rings. The second-order valence-corrected chi connectivity index (χ2v) is 4.45. The maximum Gasteiger partial charge on any atom is 0.404 e. The molecule has 1 amide bonds. The largest absolute Gasteiger partial charge is 0.443 e. The van der Waals surface area contributed by atoms with Crippen LogP contribution in [0.3, 0.4) is 0 Å². The van der Waals surface area contributed by atoms with Crippen LogP contribution in [0.15, 0.2) is 0 Å². The first-order valence-corrected chi connectivity index (χ1v) is 4.80. The molecule has 0 saturated heterocycles. The molecule has 0 aromatic heterocycles. The van der Waals surface area contributed by atoms with Gasteiger partial charge in [0.2, 0.25) is 0 Å². The Hall–Kier alpha value is -0.810. The van der Waals surface area contributed by atoms with Crippen LogP contribution < -0.4 is 5.73 Å². The lowest BCUT2D eigenvalue weighted by molar-refractivity contribution is -0.0934. The van der Waals surface area contributed by atoms with Crippen molar-refractivity contribution in [1.82, 2.24) is 0 Å². The number of nitrogens with two attached hydrogens (primary N) is 1. The van der Waals surface area contributed by atoms with Crippen LogP contribution in [0, 0.1) is 5.41 Å². The number of carbonyl (C=O) groups is 1. The smallest absolute Gasteiger partial charge is 0.404 e. The summed E-state index contributed by atoms with van der Waals surface area (Å²) in [5, 5.41) is 0. The number of rotatable bonds is 5. The van der Waals surface area contributed by atoms with E-state index >= 15 is 0 Å². The van der Waals surface area contributed by atoms with E-state index in [9.17, 15) is 4.79 Å². The van der Waals surface area contributed by atoms with Gasteiger partial charge in [-0.15, -0.1) is 0 Å². The average Bonchev–Trinajstić information content (AvgIpc) is 2.09. The van der Waals surface area contributed by atoms with Gasteiger partial charge in [-0.05, 0) is 0 Å². The quantitative estimate of drug-likeness (QED) is 0.753.